The van der Waals surface area contributed by atoms with E-state index in [-0.39, 0.29) is 6.29 Å². The summed E-state index contributed by atoms with van der Waals surface area (Å²) in [5, 5.41) is 0. The lowest BCUT2D eigenvalue weighted by Crippen LogP contribution is -2.26. The Bertz CT molecular complexity index is 124. The quantitative estimate of drug-likeness (QED) is 0.631. The van der Waals surface area contributed by atoms with Crippen molar-refractivity contribution in [2.75, 3.05) is 6.61 Å². The van der Waals surface area contributed by atoms with Gasteiger partial charge in [0.25, 0.3) is 0 Å². The second kappa shape index (κ2) is 4.24. The maximum atomic E-state index is 5.80. The van der Waals surface area contributed by atoms with Crippen LogP contribution in [0.25, 0.3) is 0 Å². The van der Waals surface area contributed by atoms with Gasteiger partial charge in [-0.25, -0.2) is 0 Å². The van der Waals surface area contributed by atoms with Gasteiger partial charge in [-0.3, -0.25) is 0 Å². The van der Waals surface area contributed by atoms with Crippen molar-refractivity contribution in [1.82, 2.24) is 0 Å². The minimum atomic E-state index is 0.107. The summed E-state index contributed by atoms with van der Waals surface area (Å²) in [5.41, 5.74) is 0. The van der Waals surface area contributed by atoms with E-state index in [0.717, 1.165) is 19.4 Å². The summed E-state index contributed by atoms with van der Waals surface area (Å²) in [5.74, 6) is 0. The third-order valence-corrected chi connectivity index (χ3v) is 2.60. The van der Waals surface area contributed by atoms with Crippen LogP contribution in [0.4, 0.5) is 0 Å². The van der Waals surface area contributed by atoms with Crippen LogP contribution in [-0.4, -0.2) is 19.0 Å². The predicted octanol–water partition coefficient (Wildman–Crippen LogP) is 2.29. The fourth-order valence-electron chi connectivity index (χ4n) is 1.88. The van der Waals surface area contributed by atoms with Crippen LogP contribution >= 0.6 is 0 Å². The summed E-state index contributed by atoms with van der Waals surface area (Å²) in [6.45, 7) is 0.890. The number of hydrogen-bond acceptors (Lipinski definition) is 2. The number of ether oxygens (including phenoxy) is 2. The lowest BCUT2D eigenvalue weighted by Gasteiger charge is -2.25. The zero-order valence-electron chi connectivity index (χ0n) is 7.50. The van der Waals surface area contributed by atoms with Crippen LogP contribution < -0.4 is 0 Å². The molecule has 1 aliphatic carbocycles. The highest BCUT2D eigenvalue weighted by molar-refractivity contribution is 4.81. The molecular weight excluding hydrogens is 152 g/mol. The van der Waals surface area contributed by atoms with Gasteiger partial charge in [0.2, 0.25) is 0 Å². The molecule has 0 bridgehead atoms. The molecule has 1 aliphatic heterocycles. The molecule has 0 amide bonds. The third-order valence-electron chi connectivity index (χ3n) is 2.60. The molecule has 2 heteroatoms. The fraction of sp³-hybridized carbons (Fsp3) is 0.900. The highest BCUT2D eigenvalue weighted by atomic mass is 16.7. The molecule has 2 unspecified atom stereocenters. The van der Waals surface area contributed by atoms with Crippen LogP contribution in [0.15, 0.2) is 0 Å². The smallest absolute Gasteiger partial charge is 0.157 e. The second-order valence-electron chi connectivity index (χ2n) is 3.66. The van der Waals surface area contributed by atoms with Gasteiger partial charge in [-0.05, 0) is 44.9 Å². The van der Waals surface area contributed by atoms with Crippen LogP contribution in [0.5, 0.6) is 0 Å². The molecule has 0 aromatic rings. The van der Waals surface area contributed by atoms with Crippen molar-refractivity contribution >= 4 is 0 Å². The van der Waals surface area contributed by atoms with Gasteiger partial charge in [-0.1, -0.05) is 0 Å². The van der Waals surface area contributed by atoms with E-state index in [1.807, 2.05) is 0 Å². The third kappa shape index (κ3) is 2.20. The first-order chi connectivity index (χ1) is 5.95. The first-order valence-electron chi connectivity index (χ1n) is 5.04. The molecule has 0 spiro atoms. The van der Waals surface area contributed by atoms with Gasteiger partial charge in [0, 0.05) is 6.61 Å². The number of rotatable bonds is 2. The average molecular weight is 169 g/mol. The van der Waals surface area contributed by atoms with E-state index >= 15 is 0 Å². The number of hydrogen-bond donors (Lipinski definition) is 0. The monoisotopic (exact) mass is 169 g/mol. The molecular formula is C10H17O2. The van der Waals surface area contributed by atoms with Crippen molar-refractivity contribution in [1.29, 1.82) is 0 Å². The zero-order valence-corrected chi connectivity index (χ0v) is 7.50. The van der Waals surface area contributed by atoms with Crippen molar-refractivity contribution in [3.05, 3.63) is 6.42 Å². The largest absolute Gasteiger partial charge is 0.353 e. The fourth-order valence-corrected chi connectivity index (χ4v) is 1.88. The summed E-state index contributed by atoms with van der Waals surface area (Å²) in [6.07, 6.45) is 9.97. The van der Waals surface area contributed by atoms with Crippen LogP contribution in [0, 0.1) is 6.42 Å². The van der Waals surface area contributed by atoms with Crippen LogP contribution in [-0.2, 0) is 9.47 Å². The van der Waals surface area contributed by atoms with Gasteiger partial charge in [-0.2, -0.15) is 0 Å². The van der Waals surface area contributed by atoms with Crippen LogP contribution in [0.3, 0.4) is 0 Å². The van der Waals surface area contributed by atoms with Crippen molar-refractivity contribution < 1.29 is 9.47 Å². The highest BCUT2D eigenvalue weighted by Crippen LogP contribution is 2.24. The van der Waals surface area contributed by atoms with Gasteiger partial charge < -0.3 is 9.47 Å². The molecule has 2 rings (SSSR count). The van der Waals surface area contributed by atoms with E-state index in [0.29, 0.717) is 6.10 Å². The molecule has 0 N–H and O–H groups in total. The molecule has 2 nitrogen and oxygen atoms in total. The molecule has 12 heavy (non-hydrogen) atoms. The Balaban J connectivity index is 1.69. The van der Waals surface area contributed by atoms with Gasteiger partial charge in [0.1, 0.15) is 0 Å². The van der Waals surface area contributed by atoms with Crippen LogP contribution in [0.1, 0.15) is 38.5 Å². The Morgan fingerprint density at radius 2 is 2.25 bits per heavy atom. The lowest BCUT2D eigenvalue weighted by molar-refractivity contribution is -0.185. The van der Waals surface area contributed by atoms with E-state index < -0.39 is 0 Å². The summed E-state index contributed by atoms with van der Waals surface area (Å²) < 4.78 is 11.3. The summed E-state index contributed by atoms with van der Waals surface area (Å²) in [4.78, 5) is 0. The van der Waals surface area contributed by atoms with Crippen molar-refractivity contribution in [2.45, 2.75) is 50.9 Å². The standard InChI is InChI=1S/C10H17O2/c1-2-6-9(5-1)12-10-7-3-4-8-11-10/h1,9-10H,2-8H2. The summed E-state index contributed by atoms with van der Waals surface area (Å²) >= 11 is 0. The minimum absolute atomic E-state index is 0.107. The Morgan fingerprint density at radius 3 is 2.92 bits per heavy atom. The molecule has 69 valence electrons. The van der Waals surface area contributed by atoms with E-state index in [1.54, 1.807) is 0 Å². The first-order valence-corrected chi connectivity index (χ1v) is 5.04. The van der Waals surface area contributed by atoms with E-state index in [2.05, 4.69) is 6.42 Å². The van der Waals surface area contributed by atoms with Crippen molar-refractivity contribution in [2.24, 2.45) is 0 Å². The summed E-state index contributed by atoms with van der Waals surface area (Å²) in [7, 11) is 0. The van der Waals surface area contributed by atoms with Gasteiger partial charge in [0.05, 0.1) is 6.10 Å². The lowest BCUT2D eigenvalue weighted by atomic mass is 10.2. The minimum Gasteiger partial charge on any atom is -0.353 e. The SMILES string of the molecule is [CH]1CCC(OC2CCCCO2)C1. The Kier molecular flexibility index (Phi) is 3.01. The molecule has 2 fully saturated rings. The molecule has 1 radical (unpaired) electrons. The Hall–Kier alpha value is -0.0800. The van der Waals surface area contributed by atoms with Gasteiger partial charge in [0.15, 0.2) is 6.29 Å². The Labute approximate surface area is 74.2 Å². The Morgan fingerprint density at radius 1 is 1.25 bits per heavy atom. The second-order valence-corrected chi connectivity index (χ2v) is 3.66. The molecule has 1 saturated carbocycles. The average Bonchev–Trinajstić information content (AvgIpc) is 2.59. The molecule has 2 atom stereocenters. The zero-order chi connectivity index (χ0) is 8.23. The van der Waals surface area contributed by atoms with Crippen molar-refractivity contribution in [3.8, 4) is 0 Å². The highest BCUT2D eigenvalue weighted by Gasteiger charge is 2.22. The molecule has 0 aromatic carbocycles. The van der Waals surface area contributed by atoms with Gasteiger partial charge in [-0.15, -0.1) is 0 Å². The molecule has 0 aromatic heterocycles. The van der Waals surface area contributed by atoms with Crippen LogP contribution in [0.2, 0.25) is 0 Å². The van der Waals surface area contributed by atoms with Gasteiger partial charge >= 0.3 is 0 Å². The maximum absolute atomic E-state index is 5.80. The predicted molar refractivity (Wildman–Crippen MR) is 46.6 cm³/mol. The maximum Gasteiger partial charge on any atom is 0.157 e. The summed E-state index contributed by atoms with van der Waals surface area (Å²) in [6, 6.07) is 0. The van der Waals surface area contributed by atoms with Crippen molar-refractivity contribution in [3.63, 3.8) is 0 Å². The first kappa shape index (κ1) is 8.52. The molecule has 1 heterocycles. The van der Waals surface area contributed by atoms with E-state index in [4.69, 9.17) is 9.47 Å². The topological polar surface area (TPSA) is 18.5 Å². The molecule has 1 saturated heterocycles. The van der Waals surface area contributed by atoms with E-state index in [9.17, 15) is 0 Å². The van der Waals surface area contributed by atoms with E-state index in [1.165, 1.54) is 25.7 Å². The molecule has 2 aliphatic rings. The normalized spacial score (nSPS) is 32.5.